The molecule has 0 aliphatic carbocycles. The number of nitrogens with one attached hydrogen (secondary N) is 1. The second-order valence-electron chi connectivity index (χ2n) is 4.24. The summed E-state index contributed by atoms with van der Waals surface area (Å²) in [5.74, 6) is 0. The second-order valence-corrected chi connectivity index (χ2v) is 6.01. The summed E-state index contributed by atoms with van der Waals surface area (Å²) in [5.41, 5.74) is 1.21. The van der Waals surface area contributed by atoms with Gasteiger partial charge in [-0.15, -0.1) is 0 Å². The van der Waals surface area contributed by atoms with Gasteiger partial charge in [0.25, 0.3) is 0 Å². The third-order valence-corrected chi connectivity index (χ3v) is 3.89. The van der Waals surface area contributed by atoms with Gasteiger partial charge in [0.15, 0.2) is 0 Å². The zero-order chi connectivity index (χ0) is 12.8. The zero-order valence-electron chi connectivity index (χ0n) is 10.2. The molecule has 0 aliphatic heterocycles. The zero-order valence-corrected chi connectivity index (χ0v) is 13.4. The highest BCUT2D eigenvalue weighted by atomic mass is 79.9. The number of hydrogen-bond donors (Lipinski definition) is 2. The Morgan fingerprint density at radius 3 is 2.65 bits per heavy atom. The summed E-state index contributed by atoms with van der Waals surface area (Å²) in [7, 11) is 0. The fourth-order valence-corrected chi connectivity index (χ4v) is 3.10. The maximum atomic E-state index is 9.68. The molecule has 1 aromatic carbocycles. The van der Waals surface area contributed by atoms with Gasteiger partial charge in [-0.2, -0.15) is 0 Å². The Morgan fingerprint density at radius 2 is 2.06 bits per heavy atom. The lowest BCUT2D eigenvalue weighted by atomic mass is 10.1. The van der Waals surface area contributed by atoms with Crippen molar-refractivity contribution in [1.82, 2.24) is 5.32 Å². The summed E-state index contributed by atoms with van der Waals surface area (Å²) >= 11 is 6.99. The smallest absolute Gasteiger partial charge is 0.0664 e. The number of hydrogen-bond acceptors (Lipinski definition) is 2. The molecule has 2 unspecified atom stereocenters. The molecule has 0 aromatic heterocycles. The quantitative estimate of drug-likeness (QED) is 0.798. The van der Waals surface area contributed by atoms with Crippen LogP contribution in [0.25, 0.3) is 0 Å². The molecule has 4 heteroatoms. The molecule has 17 heavy (non-hydrogen) atoms. The predicted molar refractivity (Wildman–Crippen MR) is 79.2 cm³/mol. The van der Waals surface area contributed by atoms with Gasteiger partial charge >= 0.3 is 0 Å². The molecule has 2 N–H and O–H groups in total. The average Bonchev–Trinajstić information content (AvgIpc) is 2.26. The van der Waals surface area contributed by atoms with E-state index < -0.39 is 0 Å². The van der Waals surface area contributed by atoms with Crippen LogP contribution in [0, 0.1) is 0 Å². The van der Waals surface area contributed by atoms with Gasteiger partial charge < -0.3 is 10.4 Å². The van der Waals surface area contributed by atoms with Gasteiger partial charge in [-0.3, -0.25) is 0 Å². The van der Waals surface area contributed by atoms with Crippen molar-refractivity contribution in [2.45, 2.75) is 38.8 Å². The van der Waals surface area contributed by atoms with Gasteiger partial charge in [0.05, 0.1) is 6.10 Å². The molecule has 2 atom stereocenters. The van der Waals surface area contributed by atoms with Crippen molar-refractivity contribution in [3.05, 3.63) is 32.7 Å². The summed E-state index contributed by atoms with van der Waals surface area (Å²) in [6, 6.07) is 6.37. The Labute approximate surface area is 120 Å². The molecular weight excluding hydrogens is 346 g/mol. The lowest BCUT2D eigenvalue weighted by molar-refractivity contribution is 0.157. The molecule has 0 aliphatic rings. The normalized spacial score (nSPS) is 14.6. The molecule has 0 bridgehead atoms. The van der Waals surface area contributed by atoms with Crippen molar-refractivity contribution in [1.29, 1.82) is 0 Å². The van der Waals surface area contributed by atoms with Crippen LogP contribution in [-0.2, 0) is 0 Å². The number of aliphatic hydroxyl groups is 1. The Morgan fingerprint density at radius 1 is 1.35 bits per heavy atom. The Balaban J connectivity index is 2.54. The first-order chi connectivity index (χ1) is 8.04. The van der Waals surface area contributed by atoms with E-state index in [1.807, 2.05) is 12.1 Å². The van der Waals surface area contributed by atoms with E-state index in [1.54, 1.807) is 0 Å². The number of benzene rings is 1. The fraction of sp³-hybridized carbons (Fsp3) is 0.538. The summed E-state index contributed by atoms with van der Waals surface area (Å²) in [6.07, 6.45) is 1.61. The predicted octanol–water partition coefficient (Wildman–Crippen LogP) is 4.02. The molecule has 0 saturated heterocycles. The maximum Gasteiger partial charge on any atom is 0.0664 e. The third-order valence-electron chi connectivity index (χ3n) is 2.71. The van der Waals surface area contributed by atoms with Gasteiger partial charge in [0, 0.05) is 21.5 Å². The molecule has 0 amide bonds. The lowest BCUT2D eigenvalue weighted by Gasteiger charge is -2.18. The molecular formula is C13H19Br2NO. The monoisotopic (exact) mass is 363 g/mol. The lowest BCUT2D eigenvalue weighted by Crippen LogP contribution is -2.29. The van der Waals surface area contributed by atoms with Gasteiger partial charge in [-0.05, 0) is 31.0 Å². The van der Waals surface area contributed by atoms with Crippen molar-refractivity contribution in [2.75, 3.05) is 6.54 Å². The van der Waals surface area contributed by atoms with E-state index in [1.165, 1.54) is 5.56 Å². The van der Waals surface area contributed by atoms with E-state index in [0.29, 0.717) is 6.54 Å². The van der Waals surface area contributed by atoms with Crippen molar-refractivity contribution >= 4 is 31.9 Å². The minimum absolute atomic E-state index is 0.226. The van der Waals surface area contributed by atoms with Crippen molar-refractivity contribution in [3.63, 3.8) is 0 Å². The van der Waals surface area contributed by atoms with Crippen LogP contribution in [0.1, 0.15) is 38.3 Å². The van der Waals surface area contributed by atoms with Gasteiger partial charge in [-0.25, -0.2) is 0 Å². The Bertz CT molecular complexity index is 357. The largest absolute Gasteiger partial charge is 0.392 e. The van der Waals surface area contributed by atoms with E-state index in [4.69, 9.17) is 0 Å². The summed E-state index contributed by atoms with van der Waals surface area (Å²) in [5, 5.41) is 13.0. The Kier molecular flexibility index (Phi) is 6.70. The minimum atomic E-state index is -0.253. The molecule has 0 saturated carbocycles. The highest BCUT2D eigenvalue weighted by Gasteiger charge is 2.11. The minimum Gasteiger partial charge on any atom is -0.392 e. The third kappa shape index (κ3) is 5.08. The van der Waals surface area contributed by atoms with Crippen molar-refractivity contribution in [3.8, 4) is 0 Å². The molecule has 0 fully saturated rings. The second kappa shape index (κ2) is 7.52. The van der Waals surface area contributed by atoms with E-state index in [0.717, 1.165) is 21.8 Å². The van der Waals surface area contributed by atoms with Crippen LogP contribution in [0.2, 0.25) is 0 Å². The van der Waals surface area contributed by atoms with E-state index >= 15 is 0 Å². The van der Waals surface area contributed by atoms with Gasteiger partial charge in [0.1, 0.15) is 0 Å². The summed E-state index contributed by atoms with van der Waals surface area (Å²) < 4.78 is 2.14. The summed E-state index contributed by atoms with van der Waals surface area (Å²) in [6.45, 7) is 4.82. The van der Waals surface area contributed by atoms with Crippen LogP contribution in [0.15, 0.2) is 27.1 Å². The van der Waals surface area contributed by atoms with E-state index in [9.17, 15) is 5.11 Å². The van der Waals surface area contributed by atoms with Crippen LogP contribution in [0.4, 0.5) is 0 Å². The van der Waals surface area contributed by atoms with Crippen LogP contribution < -0.4 is 5.32 Å². The van der Waals surface area contributed by atoms with Crippen LogP contribution in [0.5, 0.6) is 0 Å². The molecule has 0 heterocycles. The number of halogens is 2. The first-order valence-electron chi connectivity index (χ1n) is 5.91. The maximum absolute atomic E-state index is 9.68. The molecule has 0 radical (unpaired) electrons. The van der Waals surface area contributed by atoms with Crippen LogP contribution in [-0.4, -0.2) is 17.8 Å². The first kappa shape index (κ1) is 15.2. The molecule has 1 aromatic rings. The molecule has 1 rings (SSSR count). The SMILES string of the molecule is CCCC(O)CNC(C)c1ccc(Br)cc1Br. The highest BCUT2D eigenvalue weighted by molar-refractivity contribution is 9.11. The average molecular weight is 365 g/mol. The standard InChI is InChI=1S/C13H19Br2NO/c1-3-4-11(17)8-16-9(2)12-6-5-10(14)7-13(12)15/h5-7,9,11,16-17H,3-4,8H2,1-2H3. The van der Waals surface area contributed by atoms with E-state index in [-0.39, 0.29) is 12.1 Å². The molecule has 0 spiro atoms. The molecule has 96 valence electrons. The number of rotatable bonds is 6. The number of aliphatic hydroxyl groups excluding tert-OH is 1. The Hall–Kier alpha value is 0.1000. The first-order valence-corrected chi connectivity index (χ1v) is 7.49. The van der Waals surface area contributed by atoms with Crippen molar-refractivity contribution in [2.24, 2.45) is 0 Å². The van der Waals surface area contributed by atoms with Crippen LogP contribution in [0.3, 0.4) is 0 Å². The van der Waals surface area contributed by atoms with Crippen molar-refractivity contribution < 1.29 is 5.11 Å². The highest BCUT2D eigenvalue weighted by Crippen LogP contribution is 2.26. The molecule has 2 nitrogen and oxygen atoms in total. The van der Waals surface area contributed by atoms with Crippen LogP contribution >= 0.6 is 31.9 Å². The van der Waals surface area contributed by atoms with Gasteiger partial charge in [0.2, 0.25) is 0 Å². The van der Waals surface area contributed by atoms with Gasteiger partial charge in [-0.1, -0.05) is 51.3 Å². The fourth-order valence-electron chi connectivity index (χ4n) is 1.71. The summed E-state index contributed by atoms with van der Waals surface area (Å²) in [4.78, 5) is 0. The topological polar surface area (TPSA) is 32.3 Å². The van der Waals surface area contributed by atoms with E-state index in [2.05, 4.69) is 57.1 Å².